The zero-order chi connectivity index (χ0) is 37.1. The quantitative estimate of drug-likeness (QED) is 0.139. The number of aliphatic carboxylic acids is 1. The summed E-state index contributed by atoms with van der Waals surface area (Å²) in [6, 6.07) is 22.6. The van der Waals surface area contributed by atoms with Crippen molar-refractivity contribution in [2.75, 3.05) is 31.5 Å². The van der Waals surface area contributed by atoms with E-state index in [1.54, 1.807) is 6.20 Å². The highest BCUT2D eigenvalue weighted by molar-refractivity contribution is 5.91. The van der Waals surface area contributed by atoms with Gasteiger partial charge in [0.25, 0.3) is 0 Å². The van der Waals surface area contributed by atoms with Gasteiger partial charge < -0.3 is 19.9 Å². The molecule has 272 valence electrons. The summed E-state index contributed by atoms with van der Waals surface area (Å²) < 4.78 is 6.32. The monoisotopic (exact) mass is 719 g/mol. The first-order valence-corrected chi connectivity index (χ1v) is 18.5. The van der Waals surface area contributed by atoms with Gasteiger partial charge in [-0.05, 0) is 108 Å². The number of aromatic nitrogens is 3. The Morgan fingerprint density at radius 2 is 1.74 bits per heavy atom. The molecule has 2 saturated heterocycles. The van der Waals surface area contributed by atoms with Crippen LogP contribution < -0.4 is 5.32 Å². The lowest BCUT2D eigenvalue weighted by Crippen LogP contribution is -2.62. The number of benzene rings is 3. The first-order chi connectivity index (χ1) is 26.1. The fourth-order valence-corrected chi connectivity index (χ4v) is 8.92. The van der Waals surface area contributed by atoms with Crippen LogP contribution in [-0.4, -0.2) is 73.2 Å². The first kappa shape index (κ1) is 34.1. The van der Waals surface area contributed by atoms with Crippen molar-refractivity contribution in [2.24, 2.45) is 11.3 Å². The molecular weight excluding hydrogens is 679 g/mol. The third kappa shape index (κ3) is 6.16. The van der Waals surface area contributed by atoms with Gasteiger partial charge in [-0.1, -0.05) is 24.3 Å². The molecule has 1 spiro atoms. The van der Waals surface area contributed by atoms with E-state index in [1.165, 1.54) is 0 Å². The number of fused-ring (bicyclic) bond motifs is 2. The number of hydrogen-bond donors (Lipinski definition) is 3. The van der Waals surface area contributed by atoms with Gasteiger partial charge in [0.05, 0.1) is 17.6 Å². The number of nitriles is 1. The number of anilines is 2. The standard InChI is InChI=1S/C43H41N7O4/c1-25-33(34-6-4-8-36(26(34)2)47-40-38-29(9-11-45-40)14-28(19-46-38)21-49-12-10-32(51)22-49)5-3-7-35(25)41-48-37-15-27(13-30(18-44)39(37)54-41)20-50-23-43(24-50)16-31(17-43)42(52)53/h3-9,11,13-15,19,31-32,51H,10,12,16-17,20-24H2,1-2H3,(H,45,47)(H,52,53)/t32-/m1/s1. The highest BCUT2D eigenvalue weighted by Crippen LogP contribution is 2.52. The average Bonchev–Trinajstić information content (AvgIpc) is 3.74. The van der Waals surface area contributed by atoms with Gasteiger partial charge in [0.1, 0.15) is 17.1 Å². The maximum absolute atomic E-state index is 11.3. The number of likely N-dealkylation sites (tertiary alicyclic amines) is 2. The number of oxazole rings is 1. The van der Waals surface area contributed by atoms with Gasteiger partial charge in [-0.2, -0.15) is 5.26 Å². The molecule has 54 heavy (non-hydrogen) atoms. The summed E-state index contributed by atoms with van der Waals surface area (Å²) in [6.07, 6.45) is 5.76. The molecule has 11 heteroatoms. The summed E-state index contributed by atoms with van der Waals surface area (Å²) in [6.45, 7) is 8.95. The number of hydrogen-bond acceptors (Lipinski definition) is 10. The van der Waals surface area contributed by atoms with E-state index in [9.17, 15) is 20.3 Å². The third-order valence-electron chi connectivity index (χ3n) is 11.7. The minimum atomic E-state index is -0.690. The SMILES string of the molecule is Cc1c(Nc2nccc3cc(CN4CC[C@@H](O)C4)cnc23)cccc1-c1cccc(-c2nc3cc(CN4CC5(CC(C(=O)O)C5)C4)cc(C#N)c3o2)c1C. The van der Waals surface area contributed by atoms with Gasteiger partial charge in [-0.15, -0.1) is 0 Å². The lowest BCUT2D eigenvalue weighted by Gasteiger charge is -2.58. The second-order valence-electron chi connectivity index (χ2n) is 15.5. The highest BCUT2D eigenvalue weighted by atomic mass is 16.4. The first-order valence-electron chi connectivity index (χ1n) is 18.5. The fourth-order valence-electron chi connectivity index (χ4n) is 8.92. The molecule has 3 aromatic heterocycles. The lowest BCUT2D eigenvalue weighted by atomic mass is 9.57. The van der Waals surface area contributed by atoms with Gasteiger partial charge in [-0.3, -0.25) is 19.6 Å². The summed E-state index contributed by atoms with van der Waals surface area (Å²) in [5.41, 5.74) is 10.6. The number of pyridine rings is 2. The number of rotatable bonds is 9. The van der Waals surface area contributed by atoms with E-state index >= 15 is 0 Å². The van der Waals surface area contributed by atoms with Crippen molar-refractivity contribution in [2.45, 2.75) is 52.3 Å². The normalized spacial score (nSPS) is 18.5. The van der Waals surface area contributed by atoms with Gasteiger partial charge in [0, 0.05) is 68.3 Å². The summed E-state index contributed by atoms with van der Waals surface area (Å²) >= 11 is 0. The lowest BCUT2D eigenvalue weighted by molar-refractivity contribution is -0.161. The third-order valence-corrected chi connectivity index (χ3v) is 11.7. The van der Waals surface area contributed by atoms with Gasteiger partial charge >= 0.3 is 5.97 Å². The molecule has 9 rings (SSSR count). The van der Waals surface area contributed by atoms with Crippen molar-refractivity contribution in [1.82, 2.24) is 24.8 Å². The summed E-state index contributed by atoms with van der Waals surface area (Å²) in [4.78, 5) is 30.2. The van der Waals surface area contributed by atoms with E-state index in [-0.39, 0.29) is 17.4 Å². The van der Waals surface area contributed by atoms with Crippen LogP contribution in [0.1, 0.15) is 47.1 Å². The van der Waals surface area contributed by atoms with E-state index in [0.717, 1.165) is 101 Å². The molecule has 11 nitrogen and oxygen atoms in total. The molecule has 0 unspecified atom stereocenters. The van der Waals surface area contributed by atoms with Crippen LogP contribution in [0.5, 0.6) is 0 Å². The zero-order valence-corrected chi connectivity index (χ0v) is 30.3. The Hall–Kier alpha value is -5.67. The second kappa shape index (κ2) is 13.3. The minimum absolute atomic E-state index is 0.136. The Morgan fingerprint density at radius 1 is 0.981 bits per heavy atom. The molecule has 1 aliphatic carbocycles. The number of aliphatic hydroxyl groups excluding tert-OH is 1. The Balaban J connectivity index is 0.960. The van der Waals surface area contributed by atoms with Crippen molar-refractivity contribution in [3.63, 3.8) is 0 Å². The number of carboxylic acids is 1. The number of nitrogens with one attached hydrogen (secondary N) is 1. The van der Waals surface area contributed by atoms with Gasteiger partial charge in [-0.25, -0.2) is 9.97 Å². The number of β-amino-alcohol motifs (C(OH)–C–C–N with tert-alkyl or cyclic N) is 1. The molecule has 3 aromatic carbocycles. The maximum Gasteiger partial charge on any atom is 0.306 e. The van der Waals surface area contributed by atoms with Crippen LogP contribution >= 0.6 is 0 Å². The van der Waals surface area contributed by atoms with E-state index in [0.29, 0.717) is 41.5 Å². The van der Waals surface area contributed by atoms with E-state index < -0.39 is 5.97 Å². The zero-order valence-electron chi connectivity index (χ0n) is 30.3. The smallest absolute Gasteiger partial charge is 0.306 e. The van der Waals surface area contributed by atoms with Crippen LogP contribution in [0, 0.1) is 36.5 Å². The second-order valence-corrected chi connectivity index (χ2v) is 15.5. The summed E-state index contributed by atoms with van der Waals surface area (Å²) in [7, 11) is 0. The molecule has 3 N–H and O–H groups in total. The molecule has 3 aliphatic rings. The van der Waals surface area contributed by atoms with Crippen LogP contribution in [0.25, 0.3) is 44.6 Å². The van der Waals surface area contributed by atoms with Crippen LogP contribution in [-0.2, 0) is 17.9 Å². The highest BCUT2D eigenvalue weighted by Gasteiger charge is 2.54. The van der Waals surface area contributed by atoms with Gasteiger partial charge in [0.15, 0.2) is 11.4 Å². The Labute approximate surface area is 312 Å². The largest absolute Gasteiger partial charge is 0.481 e. The average molecular weight is 720 g/mol. The molecule has 0 bridgehead atoms. The molecule has 2 aliphatic heterocycles. The maximum atomic E-state index is 11.3. The summed E-state index contributed by atoms with van der Waals surface area (Å²) in [5, 5.41) is 33.9. The van der Waals surface area contributed by atoms with E-state index in [1.807, 2.05) is 48.7 Å². The topological polar surface area (TPSA) is 152 Å². The van der Waals surface area contributed by atoms with Crippen LogP contribution in [0.3, 0.4) is 0 Å². The van der Waals surface area contributed by atoms with E-state index in [4.69, 9.17) is 14.4 Å². The fraction of sp³-hybridized carbons (Fsp3) is 0.326. The molecular formula is C43H41N7O4. The molecule has 0 radical (unpaired) electrons. The van der Waals surface area contributed by atoms with Crippen LogP contribution in [0.4, 0.5) is 11.5 Å². The van der Waals surface area contributed by atoms with Gasteiger partial charge in [0.2, 0.25) is 5.89 Å². The Morgan fingerprint density at radius 3 is 2.50 bits per heavy atom. The molecule has 6 aromatic rings. The number of carbonyl (C=O) groups is 1. The van der Waals surface area contributed by atoms with E-state index in [2.05, 4.69) is 58.2 Å². The van der Waals surface area contributed by atoms with Crippen molar-refractivity contribution in [1.29, 1.82) is 5.26 Å². The van der Waals surface area contributed by atoms with Crippen molar-refractivity contribution >= 4 is 39.5 Å². The predicted octanol–water partition coefficient (Wildman–Crippen LogP) is 7.20. The number of aliphatic hydroxyl groups is 1. The molecule has 3 fully saturated rings. The predicted molar refractivity (Wildman–Crippen MR) is 206 cm³/mol. The van der Waals surface area contributed by atoms with Crippen molar-refractivity contribution in [3.05, 3.63) is 101 Å². The molecule has 1 saturated carbocycles. The Kier molecular flexibility index (Phi) is 8.42. The Bertz CT molecular complexity index is 2490. The van der Waals surface area contributed by atoms with Crippen LogP contribution in [0.15, 0.2) is 77.5 Å². The number of nitrogens with zero attached hydrogens (tertiary/aromatic N) is 6. The molecule has 5 heterocycles. The summed E-state index contributed by atoms with van der Waals surface area (Å²) in [5.74, 6) is 0.248. The van der Waals surface area contributed by atoms with Crippen molar-refractivity contribution < 1.29 is 19.4 Å². The van der Waals surface area contributed by atoms with Crippen molar-refractivity contribution in [3.8, 4) is 28.7 Å². The molecule has 0 amide bonds. The van der Waals surface area contributed by atoms with Crippen LogP contribution in [0.2, 0.25) is 0 Å². The molecule has 1 atom stereocenters. The minimum Gasteiger partial charge on any atom is -0.481 e. The number of carboxylic acid groups (broad SMARTS) is 1.